The average Bonchev–Trinajstić information content (AvgIpc) is 3.19. The second-order valence-corrected chi connectivity index (χ2v) is 7.62. The summed E-state index contributed by atoms with van der Waals surface area (Å²) in [6.07, 6.45) is -2.95. The Morgan fingerprint density at radius 2 is 1.93 bits per heavy atom. The molecule has 0 radical (unpaired) electrons. The standard InChI is InChI=1S/C21H17ClF3N3O2/c22-17-8-14-12(4-5-27-19(14)29)7-18(17)28-20(30)16-10-26-9-15(16)11-2-1-3-13(6-11)21(23,24)25/h1-8,15-16,26H,9-10H2,(H,27,29)(H,28,30). The van der Waals surface area contributed by atoms with Crippen LogP contribution in [0.25, 0.3) is 10.8 Å². The minimum Gasteiger partial charge on any atom is -0.329 e. The molecule has 0 saturated carbocycles. The van der Waals surface area contributed by atoms with Crippen molar-refractivity contribution in [2.24, 2.45) is 5.92 Å². The van der Waals surface area contributed by atoms with Crippen LogP contribution in [0.3, 0.4) is 0 Å². The monoisotopic (exact) mass is 435 g/mol. The van der Waals surface area contributed by atoms with E-state index in [-0.39, 0.29) is 16.5 Å². The maximum atomic E-state index is 13.1. The van der Waals surface area contributed by atoms with E-state index >= 15 is 0 Å². The normalized spacial score (nSPS) is 19.2. The van der Waals surface area contributed by atoms with Crippen LogP contribution in [-0.2, 0) is 11.0 Å². The van der Waals surface area contributed by atoms with Crippen molar-refractivity contribution in [2.75, 3.05) is 18.4 Å². The van der Waals surface area contributed by atoms with Gasteiger partial charge in [-0.15, -0.1) is 0 Å². The Hall–Kier alpha value is -2.84. The Kier molecular flexibility index (Phi) is 5.29. The van der Waals surface area contributed by atoms with Crippen molar-refractivity contribution in [3.05, 3.63) is 75.2 Å². The Morgan fingerprint density at radius 3 is 2.70 bits per heavy atom. The van der Waals surface area contributed by atoms with Crippen LogP contribution in [0.15, 0.2) is 53.5 Å². The van der Waals surface area contributed by atoms with Crippen molar-refractivity contribution in [3.8, 4) is 0 Å². The first-order chi connectivity index (χ1) is 14.2. The van der Waals surface area contributed by atoms with E-state index < -0.39 is 23.6 Å². The summed E-state index contributed by atoms with van der Waals surface area (Å²) in [7, 11) is 0. The van der Waals surface area contributed by atoms with Gasteiger partial charge in [-0.3, -0.25) is 9.59 Å². The minimum atomic E-state index is -4.45. The summed E-state index contributed by atoms with van der Waals surface area (Å²) in [5, 5.41) is 7.05. The van der Waals surface area contributed by atoms with E-state index in [1.807, 2.05) is 0 Å². The molecule has 2 unspecified atom stereocenters. The number of fused-ring (bicyclic) bond motifs is 1. The lowest BCUT2D eigenvalue weighted by atomic mass is 9.87. The van der Waals surface area contributed by atoms with E-state index in [0.29, 0.717) is 35.1 Å². The largest absolute Gasteiger partial charge is 0.416 e. The molecule has 5 nitrogen and oxygen atoms in total. The molecule has 1 fully saturated rings. The van der Waals surface area contributed by atoms with E-state index in [0.717, 1.165) is 12.1 Å². The first kappa shape index (κ1) is 20.4. The molecule has 0 bridgehead atoms. The third-order valence-corrected chi connectivity index (χ3v) is 5.62. The maximum absolute atomic E-state index is 13.1. The van der Waals surface area contributed by atoms with Gasteiger partial charge in [-0.05, 0) is 35.2 Å². The van der Waals surface area contributed by atoms with Gasteiger partial charge in [0.2, 0.25) is 5.91 Å². The van der Waals surface area contributed by atoms with E-state index in [2.05, 4.69) is 15.6 Å². The van der Waals surface area contributed by atoms with Crippen LogP contribution in [0.1, 0.15) is 17.0 Å². The van der Waals surface area contributed by atoms with Gasteiger partial charge >= 0.3 is 6.18 Å². The molecule has 1 saturated heterocycles. The number of amides is 1. The summed E-state index contributed by atoms with van der Waals surface area (Å²) < 4.78 is 39.2. The molecule has 30 heavy (non-hydrogen) atoms. The molecule has 3 aromatic rings. The molecule has 0 spiro atoms. The molecular formula is C21H17ClF3N3O2. The van der Waals surface area contributed by atoms with Crippen molar-refractivity contribution in [1.29, 1.82) is 0 Å². The number of aromatic nitrogens is 1. The number of benzene rings is 2. The van der Waals surface area contributed by atoms with Crippen LogP contribution >= 0.6 is 11.6 Å². The van der Waals surface area contributed by atoms with E-state index in [1.165, 1.54) is 18.3 Å². The molecule has 4 rings (SSSR count). The quantitative estimate of drug-likeness (QED) is 0.579. The third kappa shape index (κ3) is 3.93. The summed E-state index contributed by atoms with van der Waals surface area (Å²) in [4.78, 5) is 27.4. The van der Waals surface area contributed by atoms with Gasteiger partial charge in [-0.2, -0.15) is 13.2 Å². The highest BCUT2D eigenvalue weighted by Crippen LogP contribution is 2.35. The zero-order valence-corrected chi connectivity index (χ0v) is 16.3. The number of halogens is 4. The number of carbonyl (C=O) groups excluding carboxylic acids is 1. The first-order valence-electron chi connectivity index (χ1n) is 9.24. The predicted octanol–water partition coefficient (Wildman–Crippen LogP) is 4.14. The number of H-pyrrole nitrogens is 1. The lowest BCUT2D eigenvalue weighted by Gasteiger charge is -2.20. The number of rotatable bonds is 3. The van der Waals surface area contributed by atoms with Gasteiger partial charge in [-0.25, -0.2) is 0 Å². The summed E-state index contributed by atoms with van der Waals surface area (Å²) in [6.45, 7) is 0.720. The minimum absolute atomic E-state index is 0.203. The smallest absolute Gasteiger partial charge is 0.329 e. The Balaban J connectivity index is 1.60. The van der Waals surface area contributed by atoms with Gasteiger partial charge < -0.3 is 15.6 Å². The van der Waals surface area contributed by atoms with Crippen LogP contribution in [0.4, 0.5) is 18.9 Å². The summed E-state index contributed by atoms with van der Waals surface area (Å²) in [5.41, 5.74) is -0.244. The van der Waals surface area contributed by atoms with Gasteiger partial charge in [0.15, 0.2) is 0 Å². The highest BCUT2D eigenvalue weighted by molar-refractivity contribution is 6.34. The molecule has 1 amide bonds. The lowest BCUT2D eigenvalue weighted by Crippen LogP contribution is -2.28. The number of pyridine rings is 1. The van der Waals surface area contributed by atoms with Gasteiger partial charge in [0.05, 0.1) is 22.2 Å². The SMILES string of the molecule is O=C(Nc1cc2cc[nH]c(=O)c2cc1Cl)C1CNCC1c1cccc(C(F)(F)F)c1. The van der Waals surface area contributed by atoms with Gasteiger partial charge in [0.25, 0.3) is 5.56 Å². The van der Waals surface area contributed by atoms with Crippen LogP contribution < -0.4 is 16.2 Å². The molecule has 2 aromatic carbocycles. The molecule has 9 heteroatoms. The number of alkyl halides is 3. The van der Waals surface area contributed by atoms with Gasteiger partial charge in [0, 0.05) is 30.6 Å². The number of carbonyl (C=O) groups is 1. The van der Waals surface area contributed by atoms with Crippen LogP contribution in [0.5, 0.6) is 0 Å². The number of hydrogen-bond acceptors (Lipinski definition) is 3. The number of hydrogen-bond donors (Lipinski definition) is 3. The molecule has 0 aliphatic carbocycles. The highest BCUT2D eigenvalue weighted by atomic mass is 35.5. The van der Waals surface area contributed by atoms with Crippen molar-refractivity contribution < 1.29 is 18.0 Å². The number of nitrogens with one attached hydrogen (secondary N) is 3. The van der Waals surface area contributed by atoms with E-state index in [9.17, 15) is 22.8 Å². The van der Waals surface area contributed by atoms with Crippen molar-refractivity contribution in [2.45, 2.75) is 12.1 Å². The molecule has 156 valence electrons. The molecule has 1 aliphatic heterocycles. The Bertz CT molecular complexity index is 1180. The number of anilines is 1. The summed E-state index contributed by atoms with van der Waals surface area (Å²) in [5.74, 6) is -1.33. The molecule has 2 heterocycles. The second kappa shape index (κ2) is 7.77. The molecule has 1 aliphatic rings. The fraction of sp³-hybridized carbons (Fsp3) is 0.238. The lowest BCUT2D eigenvalue weighted by molar-refractivity contribution is -0.137. The fourth-order valence-corrected chi connectivity index (χ4v) is 3.99. The molecular weight excluding hydrogens is 419 g/mol. The summed E-state index contributed by atoms with van der Waals surface area (Å²) >= 11 is 6.24. The predicted molar refractivity (Wildman–Crippen MR) is 109 cm³/mol. The first-order valence-corrected chi connectivity index (χ1v) is 9.61. The van der Waals surface area contributed by atoms with Gasteiger partial charge in [0.1, 0.15) is 0 Å². The fourth-order valence-electron chi connectivity index (χ4n) is 3.78. The van der Waals surface area contributed by atoms with Crippen LogP contribution in [-0.4, -0.2) is 24.0 Å². The highest BCUT2D eigenvalue weighted by Gasteiger charge is 2.36. The van der Waals surface area contributed by atoms with Crippen LogP contribution in [0, 0.1) is 5.92 Å². The molecule has 2 atom stereocenters. The van der Waals surface area contributed by atoms with Crippen LogP contribution in [0.2, 0.25) is 5.02 Å². The third-order valence-electron chi connectivity index (χ3n) is 5.31. The maximum Gasteiger partial charge on any atom is 0.416 e. The van der Waals surface area contributed by atoms with Gasteiger partial charge in [-0.1, -0.05) is 29.8 Å². The number of aromatic amines is 1. The van der Waals surface area contributed by atoms with E-state index in [4.69, 9.17) is 11.6 Å². The topological polar surface area (TPSA) is 74.0 Å². The zero-order valence-electron chi connectivity index (χ0n) is 15.5. The Morgan fingerprint density at radius 1 is 1.13 bits per heavy atom. The Labute approximate surface area is 174 Å². The van der Waals surface area contributed by atoms with Crippen molar-refractivity contribution >= 4 is 34.0 Å². The molecule has 3 N–H and O–H groups in total. The molecule has 1 aromatic heterocycles. The van der Waals surface area contributed by atoms with Crippen molar-refractivity contribution in [3.63, 3.8) is 0 Å². The second-order valence-electron chi connectivity index (χ2n) is 7.21. The average molecular weight is 436 g/mol. The van der Waals surface area contributed by atoms with E-state index in [1.54, 1.807) is 18.2 Å². The zero-order chi connectivity index (χ0) is 21.5. The summed E-state index contributed by atoms with van der Waals surface area (Å²) in [6, 6.07) is 9.82. The van der Waals surface area contributed by atoms with Crippen molar-refractivity contribution in [1.82, 2.24) is 10.3 Å².